The number of hydrogen-bond acceptors (Lipinski definition) is 7. The molecule has 8 nitrogen and oxygen atoms in total. The highest BCUT2D eigenvalue weighted by Crippen LogP contribution is 2.29. The third-order valence-electron chi connectivity index (χ3n) is 3.56. The van der Waals surface area contributed by atoms with Crippen molar-refractivity contribution < 1.29 is 18.1 Å². The predicted octanol–water partition coefficient (Wildman–Crippen LogP) is 3.54. The van der Waals surface area contributed by atoms with Gasteiger partial charge in [-0.25, -0.2) is 13.4 Å². The van der Waals surface area contributed by atoms with Gasteiger partial charge in [0.25, 0.3) is 5.69 Å². The Morgan fingerprint density at radius 3 is 2.43 bits per heavy atom. The van der Waals surface area contributed by atoms with Crippen LogP contribution in [0.4, 0.5) is 10.8 Å². The summed E-state index contributed by atoms with van der Waals surface area (Å²) in [6, 6.07) is 13.8. The van der Waals surface area contributed by atoms with Crippen molar-refractivity contribution >= 4 is 44.0 Å². The third kappa shape index (κ3) is 4.48. The number of nitrogens with zero attached hydrogens (tertiary/aromatic N) is 2. The minimum absolute atomic E-state index is 0.0799. The van der Waals surface area contributed by atoms with Gasteiger partial charge in [0.15, 0.2) is 5.13 Å². The lowest BCUT2D eigenvalue weighted by molar-refractivity contribution is -0.384. The van der Waals surface area contributed by atoms with E-state index in [-0.39, 0.29) is 19.9 Å². The van der Waals surface area contributed by atoms with E-state index in [9.17, 15) is 23.3 Å². The number of nitro groups is 1. The molecule has 0 spiro atoms. The molecule has 1 amide bonds. The Balaban J connectivity index is 1.73. The van der Waals surface area contributed by atoms with Crippen LogP contribution in [0.25, 0.3) is 6.08 Å². The first-order valence-corrected chi connectivity index (χ1v) is 10.2. The van der Waals surface area contributed by atoms with E-state index in [1.807, 2.05) is 30.3 Å². The molecular formula is C18H13N3O5S2. The molecule has 0 saturated heterocycles. The quantitative estimate of drug-likeness (QED) is 0.374. The fourth-order valence-electron chi connectivity index (χ4n) is 2.19. The van der Waals surface area contributed by atoms with Crippen LogP contribution in [0, 0.1) is 10.1 Å². The van der Waals surface area contributed by atoms with Crippen LogP contribution < -0.4 is 5.32 Å². The molecule has 1 heterocycles. The van der Waals surface area contributed by atoms with Gasteiger partial charge in [-0.2, -0.15) is 0 Å². The van der Waals surface area contributed by atoms with Gasteiger partial charge in [-0.1, -0.05) is 41.7 Å². The van der Waals surface area contributed by atoms with E-state index < -0.39 is 20.7 Å². The number of non-ortho nitro benzene ring substituents is 1. The summed E-state index contributed by atoms with van der Waals surface area (Å²) in [4.78, 5) is 25.9. The number of nitrogens with one attached hydrogen (secondary N) is 1. The molecule has 0 atom stereocenters. The van der Waals surface area contributed by atoms with Crippen molar-refractivity contribution in [3.8, 4) is 0 Å². The smallest absolute Gasteiger partial charge is 0.269 e. The Bertz CT molecular complexity index is 1140. The first-order chi connectivity index (χ1) is 13.4. The molecule has 0 unspecified atom stereocenters. The molecule has 142 valence electrons. The minimum atomic E-state index is -3.89. The fourth-order valence-corrected chi connectivity index (χ4v) is 4.62. The Morgan fingerprint density at radius 2 is 1.79 bits per heavy atom. The van der Waals surface area contributed by atoms with Crippen LogP contribution in [0.15, 0.2) is 76.0 Å². The molecule has 3 aromatic rings. The van der Waals surface area contributed by atoms with Crippen molar-refractivity contribution in [2.24, 2.45) is 0 Å². The van der Waals surface area contributed by atoms with Crippen molar-refractivity contribution in [1.29, 1.82) is 0 Å². The number of sulfone groups is 1. The van der Waals surface area contributed by atoms with Crippen molar-refractivity contribution in [2.45, 2.75) is 9.10 Å². The number of thiazole rings is 1. The molecule has 0 fully saturated rings. The molecule has 3 rings (SSSR count). The van der Waals surface area contributed by atoms with Gasteiger partial charge in [-0.3, -0.25) is 20.2 Å². The van der Waals surface area contributed by atoms with Gasteiger partial charge in [-0.05, 0) is 23.8 Å². The average molecular weight is 415 g/mol. The first kappa shape index (κ1) is 19.4. The monoisotopic (exact) mass is 415 g/mol. The number of amides is 1. The second kappa shape index (κ2) is 8.11. The topological polar surface area (TPSA) is 119 Å². The summed E-state index contributed by atoms with van der Waals surface area (Å²) in [5, 5.41) is 13.3. The number of hydrogen-bond donors (Lipinski definition) is 1. The minimum Gasteiger partial charge on any atom is -0.298 e. The van der Waals surface area contributed by atoms with Crippen molar-refractivity contribution in [3.05, 3.63) is 82.5 Å². The van der Waals surface area contributed by atoms with E-state index in [0.29, 0.717) is 0 Å². The Morgan fingerprint density at radius 1 is 1.11 bits per heavy atom. The lowest BCUT2D eigenvalue weighted by Gasteiger charge is -2.00. The van der Waals surface area contributed by atoms with Gasteiger partial charge in [0, 0.05) is 18.2 Å². The Kier molecular flexibility index (Phi) is 5.62. The fraction of sp³-hybridized carbons (Fsp3) is 0. The zero-order valence-electron chi connectivity index (χ0n) is 14.2. The summed E-state index contributed by atoms with van der Waals surface area (Å²) in [7, 11) is -3.89. The maximum absolute atomic E-state index is 12.6. The molecular weight excluding hydrogens is 402 g/mol. The Hall–Kier alpha value is -3.37. The van der Waals surface area contributed by atoms with Crippen LogP contribution in [0.1, 0.15) is 5.56 Å². The van der Waals surface area contributed by atoms with E-state index in [0.717, 1.165) is 47.4 Å². The highest BCUT2D eigenvalue weighted by atomic mass is 32.2. The van der Waals surface area contributed by atoms with Gasteiger partial charge < -0.3 is 0 Å². The van der Waals surface area contributed by atoms with Gasteiger partial charge in [0.2, 0.25) is 15.7 Å². The zero-order chi connectivity index (χ0) is 20.1. The normalized spacial score (nSPS) is 11.4. The van der Waals surface area contributed by atoms with Crippen molar-refractivity contribution in [2.75, 3.05) is 5.32 Å². The van der Waals surface area contributed by atoms with Crippen LogP contribution in [-0.4, -0.2) is 24.2 Å². The maximum Gasteiger partial charge on any atom is 0.269 e. The molecule has 0 aliphatic rings. The summed E-state index contributed by atoms with van der Waals surface area (Å²) < 4.78 is 25.1. The van der Waals surface area contributed by atoms with Gasteiger partial charge >= 0.3 is 0 Å². The molecule has 0 radical (unpaired) electrons. The summed E-state index contributed by atoms with van der Waals surface area (Å²) in [5.41, 5.74) is 0.639. The number of nitro benzene ring substituents is 1. The van der Waals surface area contributed by atoms with E-state index in [1.54, 1.807) is 6.08 Å². The van der Waals surface area contributed by atoms with E-state index in [2.05, 4.69) is 10.3 Å². The summed E-state index contributed by atoms with van der Waals surface area (Å²) in [6.07, 6.45) is 4.08. The standard InChI is InChI=1S/C18H13N3O5S2/c22-16(11-6-13-4-2-1-3-5-13)20-18-19-12-17(27-18)28(25,26)15-9-7-14(8-10-15)21(23)24/h1-12H,(H,19,20,22)/b11-6+. The number of carbonyl (C=O) groups excluding carboxylic acids is 1. The molecule has 0 aliphatic carbocycles. The lowest BCUT2D eigenvalue weighted by Crippen LogP contribution is -2.07. The number of rotatable bonds is 6. The van der Waals surface area contributed by atoms with E-state index in [1.165, 1.54) is 6.08 Å². The van der Waals surface area contributed by atoms with Crippen LogP contribution in [0.5, 0.6) is 0 Å². The van der Waals surface area contributed by atoms with Crippen LogP contribution in [-0.2, 0) is 14.6 Å². The van der Waals surface area contributed by atoms with Crippen LogP contribution in [0.2, 0.25) is 0 Å². The largest absolute Gasteiger partial charge is 0.298 e. The van der Waals surface area contributed by atoms with Crippen LogP contribution in [0.3, 0.4) is 0 Å². The van der Waals surface area contributed by atoms with Crippen molar-refractivity contribution in [3.63, 3.8) is 0 Å². The second-order valence-corrected chi connectivity index (χ2v) is 8.68. The number of carbonyl (C=O) groups is 1. The predicted molar refractivity (Wildman–Crippen MR) is 105 cm³/mol. The molecule has 28 heavy (non-hydrogen) atoms. The molecule has 0 bridgehead atoms. The molecule has 2 aromatic carbocycles. The third-order valence-corrected chi connectivity index (χ3v) is 6.71. The molecule has 0 saturated carbocycles. The number of aromatic nitrogens is 1. The Labute approximate surface area is 164 Å². The van der Waals surface area contributed by atoms with E-state index in [4.69, 9.17) is 0 Å². The maximum atomic E-state index is 12.6. The number of anilines is 1. The summed E-state index contributed by atoms with van der Waals surface area (Å²) in [6.45, 7) is 0. The number of benzene rings is 2. The highest BCUT2D eigenvalue weighted by molar-refractivity contribution is 7.93. The van der Waals surface area contributed by atoms with Crippen LogP contribution >= 0.6 is 11.3 Å². The molecule has 0 aliphatic heterocycles. The SMILES string of the molecule is O=C(/C=C/c1ccccc1)Nc1ncc(S(=O)(=O)c2ccc([N+](=O)[O-])cc2)s1. The zero-order valence-corrected chi connectivity index (χ0v) is 15.8. The van der Waals surface area contributed by atoms with Gasteiger partial charge in [0.05, 0.1) is 16.0 Å². The van der Waals surface area contributed by atoms with Gasteiger partial charge in [-0.15, -0.1) is 0 Å². The molecule has 1 N–H and O–H groups in total. The average Bonchev–Trinajstić information content (AvgIpc) is 3.16. The van der Waals surface area contributed by atoms with Crippen molar-refractivity contribution in [1.82, 2.24) is 4.98 Å². The second-order valence-electron chi connectivity index (χ2n) is 5.47. The molecule has 10 heteroatoms. The molecule has 1 aromatic heterocycles. The summed E-state index contributed by atoms with van der Waals surface area (Å²) >= 11 is 0.796. The highest BCUT2D eigenvalue weighted by Gasteiger charge is 2.22. The first-order valence-electron chi connectivity index (χ1n) is 7.86. The lowest BCUT2D eigenvalue weighted by atomic mass is 10.2. The van der Waals surface area contributed by atoms with Gasteiger partial charge in [0.1, 0.15) is 4.21 Å². The van der Waals surface area contributed by atoms with E-state index >= 15 is 0 Å². The summed E-state index contributed by atoms with van der Waals surface area (Å²) in [5.74, 6) is -0.447.